The average molecular weight is 405 g/mol. The number of carbonyl (C=O) groups excluding carboxylic acids is 2. The number of amides is 2. The van der Waals surface area contributed by atoms with Crippen LogP contribution in [0.4, 0.5) is 5.69 Å². The highest BCUT2D eigenvalue weighted by atomic mass is 32.2. The zero-order valence-corrected chi connectivity index (χ0v) is 17.9. The van der Waals surface area contributed by atoms with Crippen molar-refractivity contribution in [2.75, 3.05) is 24.2 Å². The lowest BCUT2D eigenvalue weighted by Gasteiger charge is -2.19. The number of nitrogens with one attached hydrogen (secondary N) is 1. The van der Waals surface area contributed by atoms with Gasteiger partial charge in [-0.25, -0.2) is 4.68 Å². The SMILES string of the molecule is CCN(CC)C(=O)CSC(C)C(=O)Nc1c(C)n(C)n(-c2ccccc2)c1=O. The molecule has 1 atom stereocenters. The molecule has 1 aromatic heterocycles. The fourth-order valence-electron chi connectivity index (χ4n) is 2.88. The third kappa shape index (κ3) is 4.67. The minimum absolute atomic E-state index is 0.0111. The van der Waals surface area contributed by atoms with Crippen LogP contribution in [0, 0.1) is 6.92 Å². The summed E-state index contributed by atoms with van der Waals surface area (Å²) in [6.45, 7) is 8.69. The van der Waals surface area contributed by atoms with Gasteiger partial charge in [0.1, 0.15) is 5.69 Å². The van der Waals surface area contributed by atoms with Crippen molar-refractivity contribution in [2.45, 2.75) is 32.9 Å². The largest absolute Gasteiger partial charge is 0.343 e. The fourth-order valence-corrected chi connectivity index (χ4v) is 3.66. The van der Waals surface area contributed by atoms with Gasteiger partial charge < -0.3 is 10.2 Å². The molecule has 0 aliphatic carbocycles. The molecule has 0 saturated carbocycles. The van der Waals surface area contributed by atoms with Gasteiger partial charge in [-0.3, -0.25) is 19.1 Å². The van der Waals surface area contributed by atoms with E-state index in [1.165, 1.54) is 16.4 Å². The van der Waals surface area contributed by atoms with Crippen molar-refractivity contribution < 1.29 is 9.59 Å². The maximum absolute atomic E-state index is 12.9. The smallest absolute Gasteiger partial charge is 0.295 e. The summed E-state index contributed by atoms with van der Waals surface area (Å²) in [6, 6.07) is 9.26. The molecular formula is C20H28N4O3S. The van der Waals surface area contributed by atoms with Gasteiger partial charge in [0, 0.05) is 20.1 Å². The van der Waals surface area contributed by atoms with E-state index in [0.29, 0.717) is 18.8 Å². The molecule has 0 bridgehead atoms. The molecule has 28 heavy (non-hydrogen) atoms. The van der Waals surface area contributed by atoms with Crippen LogP contribution in [0.3, 0.4) is 0 Å². The van der Waals surface area contributed by atoms with Gasteiger partial charge in [-0.05, 0) is 39.8 Å². The number of nitrogens with zero attached hydrogens (tertiary/aromatic N) is 3. The number of hydrogen-bond acceptors (Lipinski definition) is 4. The standard InChI is InChI=1S/C20H28N4O3S/c1-6-23(7-2)17(25)13-28-15(4)19(26)21-18-14(3)22(5)24(20(18)27)16-11-9-8-10-12-16/h8-12,15H,6-7,13H2,1-5H3,(H,21,26). The Kier molecular flexibility index (Phi) is 7.51. The summed E-state index contributed by atoms with van der Waals surface area (Å²) in [4.78, 5) is 39.3. The number of rotatable bonds is 8. The summed E-state index contributed by atoms with van der Waals surface area (Å²) >= 11 is 1.27. The summed E-state index contributed by atoms with van der Waals surface area (Å²) < 4.78 is 3.24. The molecular weight excluding hydrogens is 376 g/mol. The van der Waals surface area contributed by atoms with Gasteiger partial charge in [0.15, 0.2) is 0 Å². The Balaban J connectivity index is 2.12. The number of anilines is 1. The highest BCUT2D eigenvalue weighted by Crippen LogP contribution is 2.17. The monoisotopic (exact) mass is 404 g/mol. The van der Waals surface area contributed by atoms with Crippen LogP contribution < -0.4 is 10.9 Å². The van der Waals surface area contributed by atoms with E-state index in [1.54, 1.807) is 30.5 Å². The van der Waals surface area contributed by atoms with Gasteiger partial charge in [-0.1, -0.05) is 18.2 Å². The molecule has 0 fully saturated rings. The molecule has 2 amide bonds. The lowest BCUT2D eigenvalue weighted by Crippen LogP contribution is -2.33. The van der Waals surface area contributed by atoms with Crippen LogP contribution in [-0.4, -0.2) is 50.2 Å². The molecule has 0 spiro atoms. The Hall–Kier alpha value is -2.48. The first-order valence-electron chi connectivity index (χ1n) is 9.36. The minimum atomic E-state index is -0.455. The molecule has 8 heteroatoms. The first-order chi connectivity index (χ1) is 13.3. The number of hydrogen-bond donors (Lipinski definition) is 1. The molecule has 7 nitrogen and oxygen atoms in total. The zero-order chi connectivity index (χ0) is 20.8. The van der Waals surface area contributed by atoms with Gasteiger partial charge in [0.2, 0.25) is 11.8 Å². The first kappa shape index (κ1) is 21.8. The zero-order valence-electron chi connectivity index (χ0n) is 17.1. The van der Waals surface area contributed by atoms with Gasteiger partial charge >= 0.3 is 0 Å². The van der Waals surface area contributed by atoms with E-state index in [4.69, 9.17) is 0 Å². The van der Waals surface area contributed by atoms with Crippen molar-refractivity contribution in [1.82, 2.24) is 14.3 Å². The van der Waals surface area contributed by atoms with Crippen LogP contribution in [-0.2, 0) is 16.6 Å². The second-order valence-corrected chi connectivity index (χ2v) is 7.77. The van der Waals surface area contributed by atoms with E-state index in [1.807, 2.05) is 44.2 Å². The van der Waals surface area contributed by atoms with Crippen molar-refractivity contribution in [3.63, 3.8) is 0 Å². The van der Waals surface area contributed by atoms with Crippen LogP contribution in [0.25, 0.3) is 5.69 Å². The van der Waals surface area contributed by atoms with Crippen LogP contribution >= 0.6 is 11.8 Å². The Morgan fingerprint density at radius 3 is 2.36 bits per heavy atom. The summed E-state index contributed by atoms with van der Waals surface area (Å²) in [5, 5.41) is 2.30. The van der Waals surface area contributed by atoms with Gasteiger partial charge in [-0.2, -0.15) is 0 Å². The molecule has 0 aliphatic heterocycles. The van der Waals surface area contributed by atoms with E-state index in [9.17, 15) is 14.4 Å². The van der Waals surface area contributed by atoms with Crippen molar-refractivity contribution >= 4 is 29.3 Å². The van der Waals surface area contributed by atoms with Crippen LogP contribution in [0.2, 0.25) is 0 Å². The summed E-state index contributed by atoms with van der Waals surface area (Å²) in [7, 11) is 1.78. The molecule has 0 radical (unpaired) electrons. The molecule has 1 N–H and O–H groups in total. The number of thioether (sulfide) groups is 1. The molecule has 2 aromatic rings. The van der Waals surface area contributed by atoms with Crippen molar-refractivity contribution in [3.05, 3.63) is 46.4 Å². The predicted molar refractivity (Wildman–Crippen MR) is 114 cm³/mol. The number of para-hydroxylation sites is 1. The van der Waals surface area contributed by atoms with E-state index in [-0.39, 0.29) is 28.8 Å². The molecule has 0 aliphatic rings. The van der Waals surface area contributed by atoms with Crippen LogP contribution in [0.15, 0.2) is 35.1 Å². The number of aromatic nitrogens is 2. The molecule has 1 heterocycles. The minimum Gasteiger partial charge on any atom is -0.343 e. The van der Waals surface area contributed by atoms with Gasteiger partial charge in [0.25, 0.3) is 5.56 Å². The number of benzene rings is 1. The quantitative estimate of drug-likeness (QED) is 0.733. The molecule has 152 valence electrons. The summed E-state index contributed by atoms with van der Waals surface area (Å²) in [5.74, 6) is -0.0431. The second-order valence-electron chi connectivity index (χ2n) is 6.45. The average Bonchev–Trinajstić information content (AvgIpc) is 2.90. The van der Waals surface area contributed by atoms with E-state index >= 15 is 0 Å². The molecule has 0 saturated heterocycles. The van der Waals surface area contributed by atoms with E-state index in [0.717, 1.165) is 5.69 Å². The van der Waals surface area contributed by atoms with Crippen molar-refractivity contribution in [3.8, 4) is 5.69 Å². The van der Waals surface area contributed by atoms with Gasteiger partial charge in [-0.15, -0.1) is 11.8 Å². The van der Waals surface area contributed by atoms with E-state index in [2.05, 4.69) is 5.32 Å². The third-order valence-electron chi connectivity index (χ3n) is 4.74. The second kappa shape index (κ2) is 9.64. The fraction of sp³-hybridized carbons (Fsp3) is 0.450. The van der Waals surface area contributed by atoms with Crippen LogP contribution in [0.1, 0.15) is 26.5 Å². The molecule has 1 aromatic carbocycles. The predicted octanol–water partition coefficient (Wildman–Crippen LogP) is 2.41. The number of carbonyl (C=O) groups is 2. The molecule has 2 rings (SSSR count). The van der Waals surface area contributed by atoms with Crippen LogP contribution in [0.5, 0.6) is 0 Å². The topological polar surface area (TPSA) is 76.3 Å². The Labute approximate surface area is 169 Å². The lowest BCUT2D eigenvalue weighted by atomic mass is 10.3. The summed E-state index contributed by atoms with van der Waals surface area (Å²) in [5.41, 5.74) is 1.37. The maximum Gasteiger partial charge on any atom is 0.295 e. The third-order valence-corrected chi connectivity index (χ3v) is 5.87. The Bertz CT molecular complexity index is 885. The van der Waals surface area contributed by atoms with E-state index < -0.39 is 5.25 Å². The Morgan fingerprint density at radius 2 is 1.79 bits per heavy atom. The maximum atomic E-state index is 12.9. The highest BCUT2D eigenvalue weighted by molar-refractivity contribution is 8.01. The lowest BCUT2D eigenvalue weighted by molar-refractivity contribution is -0.127. The van der Waals surface area contributed by atoms with Crippen molar-refractivity contribution in [2.24, 2.45) is 7.05 Å². The van der Waals surface area contributed by atoms with Gasteiger partial charge in [0.05, 0.1) is 22.4 Å². The normalized spacial score (nSPS) is 11.9. The first-order valence-corrected chi connectivity index (χ1v) is 10.4. The van der Waals surface area contributed by atoms with Crippen molar-refractivity contribution in [1.29, 1.82) is 0 Å². The Morgan fingerprint density at radius 1 is 1.18 bits per heavy atom. The highest BCUT2D eigenvalue weighted by Gasteiger charge is 2.22. The summed E-state index contributed by atoms with van der Waals surface area (Å²) in [6.07, 6.45) is 0. The molecule has 1 unspecified atom stereocenters.